The molecule has 328 valence electrons. The zero-order chi connectivity index (χ0) is 44.5. The molecular weight excluding hydrogens is 834 g/mol. The molecule has 14 nitrogen and oxygen atoms in total. The van der Waals surface area contributed by atoms with Crippen molar-refractivity contribution in [3.63, 3.8) is 0 Å². The molecule has 2 aliphatic heterocycles. The SMILES string of the molecule is COc1ccc2c(c1)c(CC(=O)CCCOC(=O)CCC(=O)O[C@@H]1c3cc4c(cc3[C@H](c3cc(OC)c(C)c(OC)c3)[C@@H]3C(=O)OCC13)OCO4)c(C)n2C(=O)c1ccc(Cl)cc1. The molecule has 3 heterocycles. The maximum Gasteiger partial charge on any atom is 0.310 e. The zero-order valence-electron chi connectivity index (χ0n) is 35.4. The number of cyclic esters (lactones) is 1. The van der Waals surface area contributed by atoms with Gasteiger partial charge in [0.25, 0.3) is 5.91 Å². The van der Waals surface area contributed by atoms with Gasteiger partial charge in [-0.05, 0) is 104 Å². The molecule has 0 spiro atoms. The third-order valence-corrected chi connectivity index (χ3v) is 12.4. The van der Waals surface area contributed by atoms with Gasteiger partial charge in [0.15, 0.2) is 11.5 Å². The van der Waals surface area contributed by atoms with Crippen molar-refractivity contribution in [1.29, 1.82) is 0 Å². The molecule has 1 fully saturated rings. The van der Waals surface area contributed by atoms with E-state index in [1.54, 1.807) is 75.3 Å². The number of methoxy groups -OCH3 is 3. The van der Waals surface area contributed by atoms with E-state index in [0.717, 1.165) is 16.5 Å². The molecule has 0 radical (unpaired) electrons. The number of ketones is 1. The average molecular weight is 880 g/mol. The Morgan fingerprint density at radius 1 is 0.794 bits per heavy atom. The summed E-state index contributed by atoms with van der Waals surface area (Å²) in [7, 11) is 4.68. The predicted octanol–water partition coefficient (Wildman–Crippen LogP) is 7.79. The van der Waals surface area contributed by atoms with Crippen LogP contribution < -0.4 is 23.7 Å². The number of carbonyl (C=O) groups is 5. The predicted molar refractivity (Wildman–Crippen MR) is 228 cm³/mol. The molecule has 0 amide bonds. The lowest BCUT2D eigenvalue weighted by Crippen LogP contribution is -2.36. The Kier molecular flexibility index (Phi) is 12.4. The maximum atomic E-state index is 13.7. The summed E-state index contributed by atoms with van der Waals surface area (Å²) < 4.78 is 46.9. The number of esters is 3. The van der Waals surface area contributed by atoms with Crippen molar-refractivity contribution in [3.05, 3.63) is 111 Å². The summed E-state index contributed by atoms with van der Waals surface area (Å²) in [6.07, 6.45) is -1.01. The monoisotopic (exact) mass is 879 g/mol. The molecule has 0 saturated carbocycles. The molecule has 4 atom stereocenters. The van der Waals surface area contributed by atoms with Crippen LogP contribution in [0.4, 0.5) is 0 Å². The Balaban J connectivity index is 0.899. The number of Topliss-reactive ketones (excluding diaryl/α,β-unsaturated/α-hetero) is 1. The number of aromatic nitrogens is 1. The third-order valence-electron chi connectivity index (χ3n) is 12.1. The Hall–Kier alpha value is -6.54. The molecule has 0 bridgehead atoms. The van der Waals surface area contributed by atoms with Gasteiger partial charge >= 0.3 is 17.9 Å². The average Bonchev–Trinajstić information content (AvgIpc) is 3.98. The lowest BCUT2D eigenvalue weighted by molar-refractivity contribution is -0.157. The number of ether oxygens (including phenoxy) is 8. The molecule has 15 heteroatoms. The topological polar surface area (TPSA) is 164 Å². The number of carbonyl (C=O) groups excluding carboxylic acids is 5. The lowest BCUT2D eigenvalue weighted by Gasteiger charge is -2.38. The smallest absolute Gasteiger partial charge is 0.310 e. The van der Waals surface area contributed by atoms with Gasteiger partial charge in [-0.15, -0.1) is 0 Å². The van der Waals surface area contributed by atoms with E-state index in [-0.39, 0.29) is 63.8 Å². The number of nitrogens with zero attached hydrogens (tertiary/aromatic N) is 1. The zero-order valence-corrected chi connectivity index (χ0v) is 36.2. The second-order valence-electron chi connectivity index (χ2n) is 15.7. The van der Waals surface area contributed by atoms with E-state index in [0.29, 0.717) is 67.2 Å². The highest BCUT2D eigenvalue weighted by Gasteiger charge is 2.54. The van der Waals surface area contributed by atoms with E-state index in [4.69, 9.17) is 49.5 Å². The van der Waals surface area contributed by atoms with E-state index in [1.165, 1.54) is 0 Å². The maximum absolute atomic E-state index is 13.7. The fourth-order valence-electron chi connectivity index (χ4n) is 8.96. The summed E-state index contributed by atoms with van der Waals surface area (Å²) in [4.78, 5) is 66.8. The molecular formula is C48H46ClNO13. The second kappa shape index (κ2) is 18.1. The summed E-state index contributed by atoms with van der Waals surface area (Å²) in [5, 5.41) is 1.23. The molecule has 0 N–H and O–H groups in total. The number of fused-ring (bicyclic) bond motifs is 4. The van der Waals surface area contributed by atoms with Crippen molar-refractivity contribution in [3.8, 4) is 28.7 Å². The number of rotatable bonds is 15. The van der Waals surface area contributed by atoms with E-state index < -0.39 is 41.8 Å². The summed E-state index contributed by atoms with van der Waals surface area (Å²) >= 11 is 6.05. The van der Waals surface area contributed by atoms with Crippen molar-refractivity contribution in [2.75, 3.05) is 41.3 Å². The van der Waals surface area contributed by atoms with Crippen molar-refractivity contribution in [2.45, 2.75) is 58.0 Å². The summed E-state index contributed by atoms with van der Waals surface area (Å²) in [6.45, 7) is 3.68. The first-order valence-electron chi connectivity index (χ1n) is 20.6. The van der Waals surface area contributed by atoms with Gasteiger partial charge < -0.3 is 37.9 Å². The second-order valence-corrected chi connectivity index (χ2v) is 16.2. The van der Waals surface area contributed by atoms with Crippen LogP contribution in [-0.2, 0) is 39.8 Å². The number of benzene rings is 4. The van der Waals surface area contributed by atoms with E-state index in [2.05, 4.69) is 0 Å². The van der Waals surface area contributed by atoms with Crippen LogP contribution in [0.25, 0.3) is 10.9 Å². The van der Waals surface area contributed by atoms with Gasteiger partial charge in [-0.25, -0.2) is 0 Å². The van der Waals surface area contributed by atoms with Gasteiger partial charge in [-0.3, -0.25) is 28.5 Å². The Morgan fingerprint density at radius 2 is 1.48 bits per heavy atom. The molecule has 63 heavy (non-hydrogen) atoms. The van der Waals surface area contributed by atoms with Crippen LogP contribution in [0.5, 0.6) is 28.7 Å². The molecule has 5 aromatic rings. The molecule has 1 aliphatic carbocycles. The highest BCUT2D eigenvalue weighted by atomic mass is 35.5. The van der Waals surface area contributed by atoms with Crippen molar-refractivity contribution in [2.24, 2.45) is 11.8 Å². The Bertz CT molecular complexity index is 2610. The first-order valence-corrected chi connectivity index (χ1v) is 21.0. The molecule has 1 unspecified atom stereocenters. The van der Waals surface area contributed by atoms with E-state index in [1.807, 2.05) is 31.2 Å². The summed E-state index contributed by atoms with van der Waals surface area (Å²) in [5.41, 5.74) is 5.30. The van der Waals surface area contributed by atoms with Gasteiger partial charge in [0.1, 0.15) is 29.1 Å². The number of hydrogen-bond acceptors (Lipinski definition) is 13. The van der Waals surface area contributed by atoms with Crippen LogP contribution in [0, 0.1) is 25.7 Å². The Labute approximate surface area is 368 Å². The first-order chi connectivity index (χ1) is 30.4. The summed E-state index contributed by atoms with van der Waals surface area (Å²) in [6, 6.07) is 19.3. The summed E-state index contributed by atoms with van der Waals surface area (Å²) in [5.74, 6) is -1.14. The molecule has 4 aromatic carbocycles. The minimum Gasteiger partial charge on any atom is -0.497 e. The fraction of sp³-hybridized carbons (Fsp3) is 0.354. The van der Waals surface area contributed by atoms with Crippen LogP contribution in [-0.4, -0.2) is 75.5 Å². The van der Waals surface area contributed by atoms with Crippen molar-refractivity contribution >= 4 is 52.1 Å². The van der Waals surface area contributed by atoms with E-state index >= 15 is 0 Å². The highest BCUT2D eigenvalue weighted by molar-refractivity contribution is 6.30. The molecule has 3 aliphatic rings. The molecule has 1 saturated heterocycles. The van der Waals surface area contributed by atoms with Crippen molar-refractivity contribution in [1.82, 2.24) is 4.57 Å². The normalized spacial score (nSPS) is 18.3. The highest BCUT2D eigenvalue weighted by Crippen LogP contribution is 2.56. The Morgan fingerprint density at radius 3 is 2.16 bits per heavy atom. The standard InChI is InChI=1S/C48H46ClNO13/c1-25-38(57-4)17-28(18-39(25)58-5)44-34-21-40-41(62-24-61-40)22-35(34)46(36-23-60-48(55)45(36)44)63-43(53)15-14-42(52)59-16-6-7-30(51)19-32-26(2)50(37-13-12-31(56-3)20-33(32)37)47(54)27-8-10-29(49)11-9-27/h8-13,17-18,20-22,36,44-46H,6-7,14-16,19,23-24H2,1-5H3/t36?,44-,45+,46+/m0/s1. The first kappa shape index (κ1) is 43.1. The third kappa shape index (κ3) is 8.39. The van der Waals surface area contributed by atoms with Gasteiger partial charge in [-0.2, -0.15) is 0 Å². The van der Waals surface area contributed by atoms with Crippen LogP contribution in [0.1, 0.15) is 81.6 Å². The lowest BCUT2D eigenvalue weighted by atomic mass is 9.66. The van der Waals surface area contributed by atoms with Gasteiger partial charge in [0.2, 0.25) is 6.79 Å². The van der Waals surface area contributed by atoms with Gasteiger partial charge in [-0.1, -0.05) is 11.6 Å². The minimum absolute atomic E-state index is 0.0133. The number of hydrogen-bond donors (Lipinski definition) is 0. The van der Waals surface area contributed by atoms with E-state index in [9.17, 15) is 24.0 Å². The van der Waals surface area contributed by atoms with Gasteiger partial charge in [0, 0.05) is 57.5 Å². The van der Waals surface area contributed by atoms with Crippen LogP contribution in [0.15, 0.2) is 66.7 Å². The fourth-order valence-corrected chi connectivity index (χ4v) is 9.09. The largest absolute Gasteiger partial charge is 0.497 e. The number of halogens is 1. The van der Waals surface area contributed by atoms with Crippen LogP contribution >= 0.6 is 11.6 Å². The van der Waals surface area contributed by atoms with Crippen molar-refractivity contribution < 1.29 is 61.9 Å². The van der Waals surface area contributed by atoms with Gasteiger partial charge in [0.05, 0.1) is 58.8 Å². The molecule has 1 aromatic heterocycles. The quantitative estimate of drug-likeness (QED) is 0.0569. The molecule has 8 rings (SSSR count). The van der Waals surface area contributed by atoms with Crippen LogP contribution in [0.3, 0.4) is 0 Å². The minimum atomic E-state index is -0.889. The van der Waals surface area contributed by atoms with Crippen LogP contribution in [0.2, 0.25) is 5.02 Å².